The van der Waals surface area contributed by atoms with Gasteiger partial charge in [0.2, 0.25) is 5.82 Å². The average Bonchev–Trinajstić information content (AvgIpc) is 3.35. The van der Waals surface area contributed by atoms with E-state index >= 15 is 0 Å². The first-order valence-corrected chi connectivity index (χ1v) is 10.8. The first-order valence-electron chi connectivity index (χ1n) is 10.4. The number of aromatic nitrogens is 5. The monoisotopic (exact) mass is 490 g/mol. The Morgan fingerprint density at radius 2 is 1.69 bits per heavy atom. The number of carbonyl (C=O) groups is 3. The summed E-state index contributed by atoms with van der Waals surface area (Å²) in [6.07, 6.45) is 1.38. The summed E-state index contributed by atoms with van der Waals surface area (Å²) in [7, 11) is 0. The number of halogens is 1. The number of tetrazole rings is 1. The summed E-state index contributed by atoms with van der Waals surface area (Å²) in [5.74, 6) is -1.17. The third-order valence-corrected chi connectivity index (χ3v) is 4.94. The molecule has 2 aromatic heterocycles. The number of hydrazine groups is 1. The van der Waals surface area contributed by atoms with Crippen molar-refractivity contribution in [1.82, 2.24) is 41.4 Å². The predicted octanol–water partition coefficient (Wildman–Crippen LogP) is 1.63. The lowest BCUT2D eigenvalue weighted by Crippen LogP contribution is -2.46. The number of hydrogen-bond donors (Lipinski definition) is 3. The molecule has 0 radical (unpaired) electrons. The lowest BCUT2D eigenvalue weighted by atomic mass is 10.1. The molecule has 2 aromatic carbocycles. The Hall–Kier alpha value is -4.64. The van der Waals surface area contributed by atoms with E-state index in [-0.39, 0.29) is 12.2 Å². The van der Waals surface area contributed by atoms with Crippen molar-refractivity contribution in [2.24, 2.45) is 0 Å². The van der Waals surface area contributed by atoms with Crippen molar-refractivity contribution in [2.75, 3.05) is 6.54 Å². The van der Waals surface area contributed by atoms with Crippen LogP contribution < -0.4 is 16.2 Å². The minimum absolute atomic E-state index is 0.0757. The van der Waals surface area contributed by atoms with Crippen LogP contribution in [0.3, 0.4) is 0 Å². The van der Waals surface area contributed by atoms with Crippen LogP contribution in [0.2, 0.25) is 5.02 Å². The Morgan fingerprint density at radius 1 is 0.914 bits per heavy atom. The number of pyridine rings is 1. The molecule has 0 unspecified atom stereocenters. The van der Waals surface area contributed by atoms with Gasteiger partial charge in [-0.05, 0) is 35.0 Å². The summed E-state index contributed by atoms with van der Waals surface area (Å²) >= 11 is 5.81. The molecule has 0 bridgehead atoms. The topological polar surface area (TPSA) is 144 Å². The summed E-state index contributed by atoms with van der Waals surface area (Å²) in [5, 5.41) is 15.2. The van der Waals surface area contributed by atoms with Crippen LogP contribution in [0.1, 0.15) is 26.4 Å². The third kappa shape index (κ3) is 6.45. The van der Waals surface area contributed by atoms with Crippen molar-refractivity contribution < 1.29 is 14.4 Å². The van der Waals surface area contributed by atoms with Gasteiger partial charge < -0.3 is 5.32 Å². The Labute approximate surface area is 204 Å². The second-order valence-corrected chi connectivity index (χ2v) is 7.69. The van der Waals surface area contributed by atoms with Gasteiger partial charge in [0.15, 0.2) is 0 Å². The van der Waals surface area contributed by atoms with Crippen molar-refractivity contribution in [3.63, 3.8) is 0 Å². The maximum atomic E-state index is 12.3. The molecular formula is C23H19ClN8O3. The maximum Gasteiger partial charge on any atom is 0.270 e. The molecule has 4 rings (SSSR count). The number of hydrogen-bond acceptors (Lipinski definition) is 7. The molecule has 4 aromatic rings. The van der Waals surface area contributed by atoms with E-state index in [4.69, 9.17) is 11.6 Å². The number of nitrogens with one attached hydrogen (secondary N) is 3. The number of rotatable bonds is 7. The van der Waals surface area contributed by atoms with E-state index in [1.54, 1.807) is 24.3 Å². The Kier molecular flexibility index (Phi) is 7.38. The van der Waals surface area contributed by atoms with Crippen LogP contribution in [0.25, 0.3) is 11.4 Å². The minimum Gasteiger partial charge on any atom is -0.342 e. The second-order valence-electron chi connectivity index (χ2n) is 7.25. The molecule has 11 nitrogen and oxygen atoms in total. The molecule has 0 aliphatic carbocycles. The molecule has 0 spiro atoms. The molecule has 0 saturated carbocycles. The van der Waals surface area contributed by atoms with E-state index < -0.39 is 17.7 Å². The van der Waals surface area contributed by atoms with Crippen LogP contribution in [0.4, 0.5) is 0 Å². The van der Waals surface area contributed by atoms with Gasteiger partial charge in [0.1, 0.15) is 5.69 Å². The molecule has 0 aliphatic rings. The Morgan fingerprint density at radius 3 is 2.43 bits per heavy atom. The van der Waals surface area contributed by atoms with Crippen LogP contribution in [0.15, 0.2) is 72.9 Å². The zero-order valence-corrected chi connectivity index (χ0v) is 18.9. The summed E-state index contributed by atoms with van der Waals surface area (Å²) < 4.78 is 0. The molecule has 35 heavy (non-hydrogen) atoms. The van der Waals surface area contributed by atoms with Gasteiger partial charge in [-0.15, -0.1) is 10.2 Å². The summed E-state index contributed by atoms with van der Waals surface area (Å²) in [6.45, 7) is 0.0156. The van der Waals surface area contributed by atoms with Crippen LogP contribution in [-0.2, 0) is 11.3 Å². The molecule has 3 amide bonds. The van der Waals surface area contributed by atoms with Crippen LogP contribution in [-0.4, -0.2) is 49.5 Å². The lowest BCUT2D eigenvalue weighted by Gasteiger charge is -2.09. The van der Waals surface area contributed by atoms with Gasteiger partial charge in [-0.2, -0.15) is 4.80 Å². The first-order chi connectivity index (χ1) is 17.0. The molecule has 0 fully saturated rings. The highest BCUT2D eigenvalue weighted by atomic mass is 35.5. The zero-order valence-electron chi connectivity index (χ0n) is 18.2. The Balaban J connectivity index is 1.24. The van der Waals surface area contributed by atoms with E-state index in [9.17, 15) is 14.4 Å². The number of benzene rings is 2. The fourth-order valence-corrected chi connectivity index (χ4v) is 3.12. The van der Waals surface area contributed by atoms with E-state index in [0.29, 0.717) is 23.0 Å². The highest BCUT2D eigenvalue weighted by Gasteiger charge is 2.12. The van der Waals surface area contributed by atoms with Gasteiger partial charge in [0.05, 0.1) is 13.1 Å². The fraction of sp³-hybridized carbons (Fsp3) is 0.0870. The molecule has 2 heterocycles. The molecule has 3 N–H and O–H groups in total. The summed E-state index contributed by atoms with van der Waals surface area (Å²) in [4.78, 5) is 41.5. The van der Waals surface area contributed by atoms with Gasteiger partial charge in [0.25, 0.3) is 17.7 Å². The SMILES string of the molecule is O=C(CNC(=O)c1cc(Cl)ccn1)NNC(=O)c1ccc(Cn2nnc(-c3ccccc3)n2)cc1. The Bertz CT molecular complexity index is 1340. The largest absolute Gasteiger partial charge is 0.342 e. The highest BCUT2D eigenvalue weighted by Crippen LogP contribution is 2.13. The van der Waals surface area contributed by atoms with Crippen molar-refractivity contribution in [3.8, 4) is 11.4 Å². The lowest BCUT2D eigenvalue weighted by molar-refractivity contribution is -0.120. The first kappa shape index (κ1) is 23.5. The predicted molar refractivity (Wildman–Crippen MR) is 126 cm³/mol. The normalized spacial score (nSPS) is 10.4. The van der Waals surface area contributed by atoms with Crippen molar-refractivity contribution >= 4 is 29.3 Å². The fourth-order valence-electron chi connectivity index (χ4n) is 2.96. The maximum absolute atomic E-state index is 12.3. The highest BCUT2D eigenvalue weighted by molar-refractivity contribution is 6.30. The molecular weight excluding hydrogens is 472 g/mol. The summed E-state index contributed by atoms with van der Waals surface area (Å²) in [5.41, 5.74) is 6.67. The van der Waals surface area contributed by atoms with E-state index in [1.807, 2.05) is 30.3 Å². The van der Waals surface area contributed by atoms with Gasteiger partial charge in [-0.1, -0.05) is 54.1 Å². The number of amides is 3. The molecule has 176 valence electrons. The standard InChI is InChI=1S/C23H19ClN8O3/c24-18-10-11-25-19(12-18)23(35)26-13-20(33)27-29-22(34)17-8-6-15(7-9-17)14-32-30-21(28-31-32)16-4-2-1-3-5-16/h1-12H,13-14H2,(H,26,35)(H,27,33)(H,29,34). The van der Waals surface area contributed by atoms with Crippen LogP contribution >= 0.6 is 11.6 Å². The minimum atomic E-state index is -0.614. The van der Waals surface area contributed by atoms with Crippen LogP contribution in [0, 0.1) is 0 Å². The molecule has 12 heteroatoms. The van der Waals surface area contributed by atoms with E-state index in [1.165, 1.54) is 23.1 Å². The zero-order chi connectivity index (χ0) is 24.6. The molecule has 0 saturated heterocycles. The van der Waals surface area contributed by atoms with Crippen LogP contribution in [0.5, 0.6) is 0 Å². The van der Waals surface area contributed by atoms with Crippen molar-refractivity contribution in [3.05, 3.63) is 94.8 Å². The van der Waals surface area contributed by atoms with Gasteiger partial charge >= 0.3 is 0 Å². The molecule has 0 aliphatic heterocycles. The average molecular weight is 491 g/mol. The van der Waals surface area contributed by atoms with E-state index in [2.05, 4.69) is 36.6 Å². The number of carbonyl (C=O) groups excluding carboxylic acids is 3. The van der Waals surface area contributed by atoms with Gasteiger partial charge in [-0.25, -0.2) is 0 Å². The van der Waals surface area contributed by atoms with Crippen molar-refractivity contribution in [2.45, 2.75) is 6.54 Å². The smallest absolute Gasteiger partial charge is 0.270 e. The second kappa shape index (κ2) is 11.0. The quantitative estimate of drug-likeness (QED) is 0.334. The summed E-state index contributed by atoms with van der Waals surface area (Å²) in [6, 6.07) is 19.1. The van der Waals surface area contributed by atoms with Crippen molar-refractivity contribution in [1.29, 1.82) is 0 Å². The molecule has 0 atom stereocenters. The van der Waals surface area contributed by atoms with Gasteiger partial charge in [0, 0.05) is 22.3 Å². The number of nitrogens with zero attached hydrogens (tertiary/aromatic N) is 5. The third-order valence-electron chi connectivity index (χ3n) is 4.70. The van der Waals surface area contributed by atoms with E-state index in [0.717, 1.165) is 11.1 Å². The van der Waals surface area contributed by atoms with Gasteiger partial charge in [-0.3, -0.25) is 30.2 Å².